The van der Waals surface area contributed by atoms with Gasteiger partial charge in [-0.1, -0.05) is 60.7 Å². The topological polar surface area (TPSA) is 81.2 Å². The van der Waals surface area contributed by atoms with E-state index in [1.165, 1.54) is 0 Å². The number of carbonyl (C=O) groups is 3. The minimum Gasteiger partial charge on any atom is -0.396 e. The summed E-state index contributed by atoms with van der Waals surface area (Å²) in [5.41, 5.74) is 1.79. The minimum absolute atomic E-state index is 0.0173. The second kappa shape index (κ2) is 13.3. The van der Waals surface area contributed by atoms with Gasteiger partial charge in [0, 0.05) is 43.7 Å². The summed E-state index contributed by atoms with van der Waals surface area (Å²) >= 11 is 1.70. The quantitative estimate of drug-likeness (QED) is 0.257. The highest BCUT2D eigenvalue weighted by atomic mass is 32.2. The maximum Gasteiger partial charge on any atom is 0.247 e. The SMILES string of the molecule is C=CCN(Cc1ccccc1)C(=O)C1N(CCCCCO)C(=O)[C@@H]2[C@@H](C(=O)N(CC=C)c3ccccc3)[C@H]3CCC12S3. The highest BCUT2D eigenvalue weighted by Crippen LogP contribution is 2.66. The summed E-state index contributed by atoms with van der Waals surface area (Å²) in [6, 6.07) is 18.8. The molecule has 5 rings (SSSR count). The van der Waals surface area contributed by atoms with E-state index in [4.69, 9.17) is 0 Å². The molecule has 0 radical (unpaired) electrons. The van der Waals surface area contributed by atoms with Crippen molar-refractivity contribution >= 4 is 35.2 Å². The number of unbranched alkanes of at least 4 members (excludes halogenated alkanes) is 2. The Morgan fingerprint density at radius 1 is 0.976 bits per heavy atom. The number of aliphatic hydroxyl groups is 1. The summed E-state index contributed by atoms with van der Waals surface area (Å²) in [5, 5.41) is 9.30. The fraction of sp³-hybridized carbons (Fsp3) is 0.441. The average Bonchev–Trinajstić information content (AvgIpc) is 3.65. The Morgan fingerprint density at radius 3 is 2.33 bits per heavy atom. The number of benzene rings is 2. The van der Waals surface area contributed by atoms with Gasteiger partial charge in [-0.15, -0.1) is 24.9 Å². The first-order valence-corrected chi connectivity index (χ1v) is 15.8. The summed E-state index contributed by atoms with van der Waals surface area (Å²) in [6.45, 7) is 9.46. The van der Waals surface area contributed by atoms with Crippen molar-refractivity contribution < 1.29 is 19.5 Å². The van der Waals surface area contributed by atoms with E-state index in [0.29, 0.717) is 39.0 Å². The van der Waals surface area contributed by atoms with E-state index in [1.54, 1.807) is 38.6 Å². The largest absolute Gasteiger partial charge is 0.396 e. The summed E-state index contributed by atoms with van der Waals surface area (Å²) in [7, 11) is 0. The fourth-order valence-electron chi connectivity index (χ4n) is 7.13. The first kappa shape index (κ1) is 30.1. The number of hydrogen-bond donors (Lipinski definition) is 1. The van der Waals surface area contributed by atoms with E-state index < -0.39 is 22.6 Å². The minimum atomic E-state index is -0.650. The zero-order valence-corrected chi connectivity index (χ0v) is 25.0. The van der Waals surface area contributed by atoms with E-state index in [9.17, 15) is 19.5 Å². The molecule has 1 N–H and O–H groups in total. The fourth-order valence-corrected chi connectivity index (χ4v) is 9.34. The Balaban J connectivity index is 1.50. The molecule has 0 aliphatic carbocycles. The van der Waals surface area contributed by atoms with Crippen molar-refractivity contribution in [2.75, 3.05) is 31.1 Å². The summed E-state index contributed by atoms with van der Waals surface area (Å²) in [6.07, 6.45) is 7.08. The molecule has 7 nitrogen and oxygen atoms in total. The number of carbonyl (C=O) groups excluding carboxylic acids is 3. The molecule has 2 bridgehead atoms. The number of likely N-dealkylation sites (tertiary alicyclic amines) is 1. The van der Waals surface area contributed by atoms with Crippen molar-refractivity contribution in [2.45, 2.75) is 54.7 Å². The van der Waals surface area contributed by atoms with Gasteiger partial charge in [0.1, 0.15) is 6.04 Å². The van der Waals surface area contributed by atoms with Gasteiger partial charge in [-0.25, -0.2) is 0 Å². The molecule has 2 unspecified atom stereocenters. The third-order valence-corrected chi connectivity index (χ3v) is 10.9. The van der Waals surface area contributed by atoms with Gasteiger partial charge in [-0.05, 0) is 49.8 Å². The third-order valence-electron chi connectivity index (χ3n) is 8.90. The monoisotopic (exact) mass is 587 g/mol. The molecule has 3 saturated heterocycles. The van der Waals surface area contributed by atoms with Crippen LogP contribution in [0.25, 0.3) is 0 Å². The number of nitrogens with zero attached hydrogens (tertiary/aromatic N) is 3. The lowest BCUT2D eigenvalue weighted by Crippen LogP contribution is -2.55. The zero-order valence-electron chi connectivity index (χ0n) is 24.1. The van der Waals surface area contributed by atoms with Crippen LogP contribution in [-0.4, -0.2) is 74.9 Å². The van der Waals surface area contributed by atoms with E-state index in [2.05, 4.69) is 13.2 Å². The zero-order chi connectivity index (χ0) is 29.7. The molecular weight excluding hydrogens is 546 g/mol. The first-order chi connectivity index (χ1) is 20.5. The van der Waals surface area contributed by atoms with Crippen LogP contribution < -0.4 is 4.90 Å². The molecule has 0 aromatic heterocycles. The molecule has 3 fully saturated rings. The number of thioether (sulfide) groups is 1. The van der Waals surface area contributed by atoms with Gasteiger partial charge in [0.25, 0.3) is 0 Å². The van der Waals surface area contributed by atoms with Gasteiger partial charge < -0.3 is 19.8 Å². The molecule has 3 aliphatic heterocycles. The van der Waals surface area contributed by atoms with Crippen molar-refractivity contribution in [3.05, 3.63) is 91.5 Å². The molecule has 42 heavy (non-hydrogen) atoms. The second-order valence-electron chi connectivity index (χ2n) is 11.4. The molecule has 5 atom stereocenters. The molecule has 3 aliphatic rings. The maximum absolute atomic E-state index is 14.6. The molecule has 0 saturated carbocycles. The van der Waals surface area contributed by atoms with Gasteiger partial charge >= 0.3 is 0 Å². The predicted octanol–water partition coefficient (Wildman–Crippen LogP) is 4.67. The van der Waals surface area contributed by atoms with Gasteiger partial charge in [0.05, 0.1) is 16.6 Å². The molecule has 2 aromatic rings. The number of para-hydroxylation sites is 1. The number of fused-ring (bicyclic) bond motifs is 1. The number of rotatable bonds is 14. The normalized spacial score (nSPS) is 25.7. The van der Waals surface area contributed by atoms with Crippen LogP contribution in [0.4, 0.5) is 5.69 Å². The Morgan fingerprint density at radius 2 is 1.67 bits per heavy atom. The van der Waals surface area contributed by atoms with Gasteiger partial charge in [-0.3, -0.25) is 14.4 Å². The average molecular weight is 588 g/mol. The number of hydrogen-bond acceptors (Lipinski definition) is 5. The molecule has 8 heteroatoms. The summed E-state index contributed by atoms with van der Waals surface area (Å²) < 4.78 is -0.650. The van der Waals surface area contributed by atoms with Crippen LogP contribution in [0, 0.1) is 11.8 Å². The molecule has 3 heterocycles. The van der Waals surface area contributed by atoms with E-state index in [1.807, 2.05) is 60.7 Å². The van der Waals surface area contributed by atoms with Crippen LogP contribution in [0.5, 0.6) is 0 Å². The predicted molar refractivity (Wildman–Crippen MR) is 168 cm³/mol. The first-order valence-electron chi connectivity index (χ1n) is 15.0. The summed E-state index contributed by atoms with van der Waals surface area (Å²) in [5.74, 6) is -1.30. The Kier molecular flexibility index (Phi) is 9.53. The van der Waals surface area contributed by atoms with Crippen LogP contribution >= 0.6 is 11.8 Å². The molecule has 222 valence electrons. The standard InChI is InChI=1S/C34H41N3O4S/c1-3-20-35(24-25-14-8-5-9-15-25)33(41)30-34-19-18-27(42-34)28(29(34)32(40)37(30)22-12-7-13-23-38)31(39)36(21-4-2)26-16-10-6-11-17-26/h3-6,8-11,14-17,27-30,38H,1-2,7,12-13,18-24H2/t27-,28+,29+,30?,34?/m1/s1. The highest BCUT2D eigenvalue weighted by molar-refractivity contribution is 8.02. The third kappa shape index (κ3) is 5.54. The number of aliphatic hydroxyl groups excluding tert-OH is 1. The van der Waals surface area contributed by atoms with Crippen LogP contribution in [0.2, 0.25) is 0 Å². The maximum atomic E-state index is 14.6. The lowest BCUT2D eigenvalue weighted by atomic mass is 9.70. The van der Waals surface area contributed by atoms with Crippen LogP contribution in [-0.2, 0) is 20.9 Å². The lowest BCUT2D eigenvalue weighted by Gasteiger charge is -2.37. The van der Waals surface area contributed by atoms with E-state index in [0.717, 1.165) is 30.5 Å². The molecule has 1 spiro atoms. The van der Waals surface area contributed by atoms with E-state index in [-0.39, 0.29) is 29.6 Å². The Bertz CT molecular complexity index is 1290. The van der Waals surface area contributed by atoms with Crippen molar-refractivity contribution in [3.8, 4) is 0 Å². The Labute approximate surface area is 253 Å². The van der Waals surface area contributed by atoms with Crippen LogP contribution in [0.3, 0.4) is 0 Å². The van der Waals surface area contributed by atoms with Crippen molar-refractivity contribution in [1.29, 1.82) is 0 Å². The smallest absolute Gasteiger partial charge is 0.247 e. The van der Waals surface area contributed by atoms with Gasteiger partial charge in [-0.2, -0.15) is 0 Å². The van der Waals surface area contributed by atoms with Crippen molar-refractivity contribution in [2.24, 2.45) is 11.8 Å². The van der Waals surface area contributed by atoms with Crippen molar-refractivity contribution in [1.82, 2.24) is 9.80 Å². The second-order valence-corrected chi connectivity index (χ2v) is 13.0. The molecule has 3 amide bonds. The van der Waals surface area contributed by atoms with Gasteiger partial charge in [0.2, 0.25) is 17.7 Å². The van der Waals surface area contributed by atoms with Crippen LogP contribution in [0.1, 0.15) is 37.7 Å². The Hall–Kier alpha value is -3.36. The molecule has 2 aromatic carbocycles. The molecular formula is C34H41N3O4S. The van der Waals surface area contributed by atoms with Crippen LogP contribution in [0.15, 0.2) is 86.0 Å². The summed E-state index contributed by atoms with van der Waals surface area (Å²) in [4.78, 5) is 48.6. The highest BCUT2D eigenvalue weighted by Gasteiger charge is 2.74. The number of anilines is 1. The lowest BCUT2D eigenvalue weighted by molar-refractivity contribution is -0.143. The van der Waals surface area contributed by atoms with E-state index >= 15 is 0 Å². The number of amides is 3. The van der Waals surface area contributed by atoms with Crippen molar-refractivity contribution in [3.63, 3.8) is 0 Å². The van der Waals surface area contributed by atoms with Gasteiger partial charge in [0.15, 0.2) is 0 Å².